The molecule has 0 fully saturated rings. The lowest BCUT2D eigenvalue weighted by Gasteiger charge is -1.95. The maximum absolute atomic E-state index is 5.53. The van der Waals surface area contributed by atoms with E-state index in [1.807, 2.05) is 25.3 Å². The van der Waals surface area contributed by atoms with Gasteiger partial charge in [-0.2, -0.15) is 0 Å². The number of thiazole rings is 1. The molecule has 4 heteroatoms. The molecule has 66 valence electrons. The summed E-state index contributed by atoms with van der Waals surface area (Å²) < 4.78 is 0. The minimum atomic E-state index is 0.593. The first kappa shape index (κ1) is 8.19. The van der Waals surface area contributed by atoms with Gasteiger partial charge >= 0.3 is 0 Å². The molecule has 0 aliphatic heterocycles. The lowest BCUT2D eigenvalue weighted by Crippen LogP contribution is -1.79. The number of nitrogens with two attached hydrogens (primary N) is 1. The molecule has 0 aliphatic rings. The molecule has 0 bridgehead atoms. The van der Waals surface area contributed by atoms with Gasteiger partial charge in [-0.05, 0) is 13.0 Å². The first-order valence-electron chi connectivity index (χ1n) is 3.90. The van der Waals surface area contributed by atoms with E-state index in [1.165, 1.54) is 11.3 Å². The van der Waals surface area contributed by atoms with E-state index >= 15 is 0 Å². The number of pyridine rings is 1. The number of aryl methyl sites for hydroxylation is 1. The van der Waals surface area contributed by atoms with Crippen LogP contribution in [-0.4, -0.2) is 9.97 Å². The van der Waals surface area contributed by atoms with Crippen molar-refractivity contribution in [3.05, 3.63) is 30.2 Å². The average Bonchev–Trinajstić information content (AvgIpc) is 2.53. The summed E-state index contributed by atoms with van der Waals surface area (Å²) in [6.45, 7) is 1.96. The number of nitrogen functional groups attached to an aromatic ring is 1. The highest BCUT2D eigenvalue weighted by atomic mass is 32.1. The van der Waals surface area contributed by atoms with Gasteiger partial charge in [0.05, 0.1) is 4.88 Å². The normalized spacial score (nSPS) is 10.2. The van der Waals surface area contributed by atoms with Crippen LogP contribution >= 0.6 is 11.3 Å². The van der Waals surface area contributed by atoms with Gasteiger partial charge in [0.1, 0.15) is 0 Å². The van der Waals surface area contributed by atoms with Crippen LogP contribution in [0.5, 0.6) is 0 Å². The molecule has 0 saturated carbocycles. The largest absolute Gasteiger partial charge is 0.375 e. The Bertz CT molecular complexity index is 405. The van der Waals surface area contributed by atoms with E-state index in [2.05, 4.69) is 9.97 Å². The molecule has 0 unspecified atom stereocenters. The first-order chi connectivity index (χ1) is 6.25. The lowest BCUT2D eigenvalue weighted by atomic mass is 10.2. The standard InChI is InChI=1S/C9H9N3S/c1-6-2-3-7(4-11-6)8-5-12-9(10)13-8/h2-5H,1H3,(H2,10,12). The predicted octanol–water partition coefficient (Wildman–Crippen LogP) is 2.10. The highest BCUT2D eigenvalue weighted by Crippen LogP contribution is 2.26. The summed E-state index contributed by atoms with van der Waals surface area (Å²) in [4.78, 5) is 9.25. The number of nitrogens with zero attached hydrogens (tertiary/aromatic N) is 2. The summed E-state index contributed by atoms with van der Waals surface area (Å²) >= 11 is 1.47. The minimum Gasteiger partial charge on any atom is -0.375 e. The summed E-state index contributed by atoms with van der Waals surface area (Å²) in [6.07, 6.45) is 3.61. The number of aromatic nitrogens is 2. The van der Waals surface area contributed by atoms with Crippen LogP contribution in [0.4, 0.5) is 5.13 Å². The molecule has 13 heavy (non-hydrogen) atoms. The Morgan fingerprint density at radius 1 is 1.23 bits per heavy atom. The summed E-state index contributed by atoms with van der Waals surface area (Å²) in [6, 6.07) is 4.00. The van der Waals surface area contributed by atoms with Crippen LogP contribution in [0, 0.1) is 6.92 Å². The van der Waals surface area contributed by atoms with Gasteiger partial charge in [-0.15, -0.1) is 0 Å². The number of rotatable bonds is 1. The molecular formula is C9H9N3S. The van der Waals surface area contributed by atoms with E-state index in [-0.39, 0.29) is 0 Å². The van der Waals surface area contributed by atoms with E-state index in [0.29, 0.717) is 5.13 Å². The van der Waals surface area contributed by atoms with Gasteiger partial charge in [-0.1, -0.05) is 17.4 Å². The van der Waals surface area contributed by atoms with E-state index in [0.717, 1.165) is 16.1 Å². The molecule has 2 rings (SSSR count). The number of hydrogen-bond donors (Lipinski definition) is 1. The molecular weight excluding hydrogens is 182 g/mol. The van der Waals surface area contributed by atoms with Gasteiger partial charge in [0, 0.05) is 23.7 Å². The van der Waals surface area contributed by atoms with Crippen molar-refractivity contribution in [3.8, 4) is 10.4 Å². The Labute approximate surface area is 80.3 Å². The van der Waals surface area contributed by atoms with E-state index < -0.39 is 0 Å². The van der Waals surface area contributed by atoms with Gasteiger partial charge < -0.3 is 5.73 Å². The highest BCUT2D eigenvalue weighted by molar-refractivity contribution is 7.18. The molecule has 0 saturated heterocycles. The Balaban J connectivity index is 2.41. The second kappa shape index (κ2) is 3.14. The quantitative estimate of drug-likeness (QED) is 0.751. The number of hydrogen-bond acceptors (Lipinski definition) is 4. The minimum absolute atomic E-state index is 0.593. The van der Waals surface area contributed by atoms with Crippen LogP contribution in [0.15, 0.2) is 24.5 Å². The third kappa shape index (κ3) is 1.67. The highest BCUT2D eigenvalue weighted by Gasteiger charge is 2.01. The molecule has 3 nitrogen and oxygen atoms in total. The van der Waals surface area contributed by atoms with Gasteiger partial charge in [-0.3, -0.25) is 4.98 Å². The van der Waals surface area contributed by atoms with Crippen LogP contribution in [0.1, 0.15) is 5.69 Å². The van der Waals surface area contributed by atoms with Crippen LogP contribution < -0.4 is 5.73 Å². The Morgan fingerprint density at radius 2 is 2.08 bits per heavy atom. The fourth-order valence-electron chi connectivity index (χ4n) is 1.03. The zero-order chi connectivity index (χ0) is 9.26. The van der Waals surface area contributed by atoms with Crippen molar-refractivity contribution in [1.29, 1.82) is 0 Å². The molecule has 0 atom stereocenters. The van der Waals surface area contributed by atoms with Crippen molar-refractivity contribution < 1.29 is 0 Å². The summed E-state index contributed by atoms with van der Waals surface area (Å²) in [5.74, 6) is 0. The topological polar surface area (TPSA) is 51.8 Å². The fourth-order valence-corrected chi connectivity index (χ4v) is 1.71. The fraction of sp³-hybridized carbons (Fsp3) is 0.111. The van der Waals surface area contributed by atoms with E-state index in [9.17, 15) is 0 Å². The van der Waals surface area contributed by atoms with Crippen molar-refractivity contribution >= 4 is 16.5 Å². The second-order valence-corrected chi connectivity index (χ2v) is 3.81. The molecule has 0 radical (unpaired) electrons. The van der Waals surface area contributed by atoms with Crippen molar-refractivity contribution in [3.63, 3.8) is 0 Å². The third-order valence-electron chi connectivity index (χ3n) is 1.72. The number of anilines is 1. The Hall–Kier alpha value is -1.42. The van der Waals surface area contributed by atoms with Gasteiger partial charge in [0.25, 0.3) is 0 Å². The van der Waals surface area contributed by atoms with Crippen molar-refractivity contribution in [2.24, 2.45) is 0 Å². The van der Waals surface area contributed by atoms with Gasteiger partial charge in [0.15, 0.2) is 5.13 Å². The molecule has 0 spiro atoms. The van der Waals surface area contributed by atoms with Gasteiger partial charge in [-0.25, -0.2) is 4.98 Å². The smallest absolute Gasteiger partial charge is 0.180 e. The van der Waals surface area contributed by atoms with E-state index in [4.69, 9.17) is 5.73 Å². The average molecular weight is 191 g/mol. The van der Waals surface area contributed by atoms with Crippen LogP contribution in [-0.2, 0) is 0 Å². The Kier molecular flexibility index (Phi) is 1.98. The molecule has 0 amide bonds. The molecule has 2 heterocycles. The van der Waals surface area contributed by atoms with E-state index in [1.54, 1.807) is 6.20 Å². The lowest BCUT2D eigenvalue weighted by molar-refractivity contribution is 1.20. The second-order valence-electron chi connectivity index (χ2n) is 2.75. The van der Waals surface area contributed by atoms with Gasteiger partial charge in [0.2, 0.25) is 0 Å². The molecule has 2 aromatic heterocycles. The summed E-state index contributed by atoms with van der Waals surface area (Å²) in [5.41, 5.74) is 7.62. The van der Waals surface area contributed by atoms with Crippen molar-refractivity contribution in [2.75, 3.05) is 5.73 Å². The SMILES string of the molecule is Cc1ccc(-c2cnc(N)s2)cn1. The zero-order valence-corrected chi connectivity index (χ0v) is 8.01. The van der Waals surface area contributed by atoms with Crippen LogP contribution in [0.25, 0.3) is 10.4 Å². The molecule has 0 aliphatic carbocycles. The summed E-state index contributed by atoms with van der Waals surface area (Å²) in [7, 11) is 0. The summed E-state index contributed by atoms with van der Waals surface area (Å²) in [5, 5.41) is 0.593. The Morgan fingerprint density at radius 3 is 2.62 bits per heavy atom. The maximum Gasteiger partial charge on any atom is 0.180 e. The monoisotopic (exact) mass is 191 g/mol. The maximum atomic E-state index is 5.53. The first-order valence-corrected chi connectivity index (χ1v) is 4.72. The van der Waals surface area contributed by atoms with Crippen LogP contribution in [0.3, 0.4) is 0 Å². The van der Waals surface area contributed by atoms with Crippen molar-refractivity contribution in [1.82, 2.24) is 9.97 Å². The molecule has 0 aromatic carbocycles. The predicted molar refractivity (Wildman–Crippen MR) is 54.5 cm³/mol. The molecule has 2 N–H and O–H groups in total. The van der Waals surface area contributed by atoms with Crippen molar-refractivity contribution in [2.45, 2.75) is 6.92 Å². The van der Waals surface area contributed by atoms with Crippen LogP contribution in [0.2, 0.25) is 0 Å². The third-order valence-corrected chi connectivity index (χ3v) is 2.60. The molecule has 2 aromatic rings. The zero-order valence-electron chi connectivity index (χ0n) is 7.19.